The van der Waals surface area contributed by atoms with Crippen LogP contribution in [0.15, 0.2) is 48.5 Å². The van der Waals surface area contributed by atoms with Gasteiger partial charge >= 0.3 is 0 Å². The zero-order chi connectivity index (χ0) is 20.0. The fraction of sp³-hybridized carbons (Fsp3) is 0.316. The molecule has 0 spiro atoms. The minimum Gasteiger partial charge on any atom is -0.496 e. The Hall–Kier alpha value is -2.74. The summed E-state index contributed by atoms with van der Waals surface area (Å²) >= 11 is 0. The first-order valence-electron chi connectivity index (χ1n) is 8.31. The van der Waals surface area contributed by atoms with Gasteiger partial charge in [-0.15, -0.1) is 0 Å². The Kier molecular flexibility index (Phi) is 6.68. The highest BCUT2D eigenvalue weighted by atomic mass is 32.2. The molecule has 0 radical (unpaired) electrons. The number of rotatable bonds is 8. The van der Waals surface area contributed by atoms with Gasteiger partial charge in [0.05, 0.1) is 32.2 Å². The summed E-state index contributed by atoms with van der Waals surface area (Å²) in [7, 11) is -0.688. The number of nitrogens with one attached hydrogen (secondary N) is 1. The molecule has 2 aromatic carbocycles. The Labute approximate surface area is 160 Å². The first-order valence-corrected chi connectivity index (χ1v) is 10.2. The predicted molar refractivity (Wildman–Crippen MR) is 105 cm³/mol. The first-order chi connectivity index (χ1) is 12.8. The maximum Gasteiger partial charge on any atom is 0.241 e. The number of hydrogen-bond acceptors (Lipinski definition) is 5. The van der Waals surface area contributed by atoms with E-state index in [-0.39, 0.29) is 12.6 Å². The van der Waals surface area contributed by atoms with Crippen molar-refractivity contribution < 1.29 is 22.7 Å². The van der Waals surface area contributed by atoms with Crippen LogP contribution in [0.3, 0.4) is 0 Å². The minimum absolute atomic E-state index is 0.308. The van der Waals surface area contributed by atoms with E-state index in [9.17, 15) is 13.2 Å². The summed E-state index contributed by atoms with van der Waals surface area (Å²) in [6.45, 7) is 1.45. The smallest absolute Gasteiger partial charge is 0.241 e. The van der Waals surface area contributed by atoms with Crippen molar-refractivity contribution in [1.29, 1.82) is 0 Å². The third-order valence-electron chi connectivity index (χ3n) is 4.02. The van der Waals surface area contributed by atoms with Gasteiger partial charge in [-0.1, -0.05) is 30.3 Å². The van der Waals surface area contributed by atoms with Gasteiger partial charge in [-0.2, -0.15) is 0 Å². The van der Waals surface area contributed by atoms with Crippen LogP contribution < -0.4 is 19.1 Å². The summed E-state index contributed by atoms with van der Waals surface area (Å²) < 4.78 is 36.1. The van der Waals surface area contributed by atoms with Crippen molar-refractivity contribution in [3.8, 4) is 11.5 Å². The minimum atomic E-state index is -3.69. The molecule has 0 saturated carbocycles. The van der Waals surface area contributed by atoms with E-state index in [1.807, 2.05) is 25.1 Å². The monoisotopic (exact) mass is 392 g/mol. The Morgan fingerprint density at radius 1 is 1.04 bits per heavy atom. The van der Waals surface area contributed by atoms with Gasteiger partial charge in [-0.05, 0) is 25.1 Å². The summed E-state index contributed by atoms with van der Waals surface area (Å²) in [4.78, 5) is 12.6. The quantitative estimate of drug-likeness (QED) is 0.745. The van der Waals surface area contributed by atoms with E-state index in [0.29, 0.717) is 17.2 Å². The number of carbonyl (C=O) groups excluding carboxylic acids is 1. The summed E-state index contributed by atoms with van der Waals surface area (Å²) in [6.07, 6.45) is 1.05. The van der Waals surface area contributed by atoms with Crippen LogP contribution >= 0.6 is 0 Å². The number of anilines is 1. The Balaban J connectivity index is 2.22. The second-order valence-corrected chi connectivity index (χ2v) is 7.88. The Bertz CT molecular complexity index is 898. The molecule has 0 bridgehead atoms. The molecule has 7 nitrogen and oxygen atoms in total. The van der Waals surface area contributed by atoms with Gasteiger partial charge in [-0.25, -0.2) is 8.42 Å². The van der Waals surface area contributed by atoms with Crippen LogP contribution in [0.1, 0.15) is 18.5 Å². The lowest BCUT2D eigenvalue weighted by Gasteiger charge is -2.25. The molecule has 1 unspecified atom stereocenters. The SMILES string of the molecule is COc1ccccc1C(C)NC(=O)CN(c1ccccc1OC)S(C)(=O)=O. The average Bonchev–Trinajstić information content (AvgIpc) is 2.65. The van der Waals surface area contributed by atoms with E-state index in [1.54, 1.807) is 37.4 Å². The molecule has 1 atom stereocenters. The molecule has 1 amide bonds. The normalized spacial score (nSPS) is 12.1. The lowest BCUT2D eigenvalue weighted by Crippen LogP contribution is -2.41. The van der Waals surface area contributed by atoms with Crippen LogP contribution in [-0.4, -0.2) is 41.3 Å². The van der Waals surface area contributed by atoms with Crippen molar-refractivity contribution in [2.75, 3.05) is 31.3 Å². The number of nitrogens with zero attached hydrogens (tertiary/aromatic N) is 1. The number of benzene rings is 2. The molecule has 1 N–H and O–H groups in total. The number of para-hydroxylation sites is 3. The lowest BCUT2D eigenvalue weighted by molar-refractivity contribution is -0.120. The summed E-state index contributed by atoms with van der Waals surface area (Å²) in [5.41, 5.74) is 1.11. The van der Waals surface area contributed by atoms with Gasteiger partial charge in [0, 0.05) is 5.56 Å². The maximum absolute atomic E-state index is 12.6. The third kappa shape index (κ3) is 5.13. The van der Waals surface area contributed by atoms with Gasteiger partial charge < -0.3 is 14.8 Å². The molecule has 146 valence electrons. The summed E-state index contributed by atoms with van der Waals surface area (Å²) in [5, 5.41) is 2.81. The van der Waals surface area contributed by atoms with Crippen molar-refractivity contribution >= 4 is 21.6 Å². The first kappa shape index (κ1) is 20.6. The van der Waals surface area contributed by atoms with Gasteiger partial charge in [0.1, 0.15) is 18.0 Å². The second-order valence-electron chi connectivity index (χ2n) is 5.97. The molecule has 0 aliphatic heterocycles. The van der Waals surface area contributed by atoms with Crippen LogP contribution in [-0.2, 0) is 14.8 Å². The topological polar surface area (TPSA) is 84.9 Å². The predicted octanol–water partition coefficient (Wildman–Crippen LogP) is 2.35. The van der Waals surface area contributed by atoms with E-state index >= 15 is 0 Å². The average molecular weight is 392 g/mol. The van der Waals surface area contributed by atoms with E-state index in [4.69, 9.17) is 9.47 Å². The van der Waals surface area contributed by atoms with Gasteiger partial charge in [0.15, 0.2) is 0 Å². The molecular weight excluding hydrogens is 368 g/mol. The molecule has 2 aromatic rings. The molecule has 0 aromatic heterocycles. The molecular formula is C19H24N2O5S. The van der Waals surface area contributed by atoms with Crippen molar-refractivity contribution in [2.24, 2.45) is 0 Å². The molecule has 0 saturated heterocycles. The van der Waals surface area contributed by atoms with E-state index in [0.717, 1.165) is 16.1 Å². The van der Waals surface area contributed by atoms with Crippen molar-refractivity contribution in [3.05, 3.63) is 54.1 Å². The lowest BCUT2D eigenvalue weighted by atomic mass is 10.1. The molecule has 0 aliphatic rings. The fourth-order valence-corrected chi connectivity index (χ4v) is 3.60. The van der Waals surface area contributed by atoms with Crippen LogP contribution in [0, 0.1) is 0 Å². The van der Waals surface area contributed by atoms with Crippen LogP contribution in [0.4, 0.5) is 5.69 Å². The fourth-order valence-electron chi connectivity index (χ4n) is 2.74. The number of hydrogen-bond donors (Lipinski definition) is 1. The third-order valence-corrected chi connectivity index (χ3v) is 5.15. The molecule has 0 aliphatic carbocycles. The number of amides is 1. The molecule has 0 fully saturated rings. The molecule has 2 rings (SSSR count). The van der Waals surface area contributed by atoms with Crippen LogP contribution in [0.5, 0.6) is 11.5 Å². The van der Waals surface area contributed by atoms with Crippen LogP contribution in [0.2, 0.25) is 0 Å². The van der Waals surface area contributed by atoms with Crippen LogP contribution in [0.25, 0.3) is 0 Å². The van der Waals surface area contributed by atoms with E-state index in [2.05, 4.69) is 5.32 Å². The summed E-state index contributed by atoms with van der Waals surface area (Å²) in [6, 6.07) is 13.6. The zero-order valence-electron chi connectivity index (χ0n) is 15.8. The zero-order valence-corrected chi connectivity index (χ0v) is 16.6. The number of carbonyl (C=O) groups is 1. The van der Waals surface area contributed by atoms with E-state index in [1.165, 1.54) is 7.11 Å². The van der Waals surface area contributed by atoms with Gasteiger partial charge in [-0.3, -0.25) is 9.10 Å². The Morgan fingerprint density at radius 2 is 1.59 bits per heavy atom. The largest absolute Gasteiger partial charge is 0.496 e. The molecule has 27 heavy (non-hydrogen) atoms. The highest BCUT2D eigenvalue weighted by Gasteiger charge is 2.24. The highest BCUT2D eigenvalue weighted by Crippen LogP contribution is 2.29. The summed E-state index contributed by atoms with van der Waals surface area (Å²) in [5.74, 6) is 0.577. The second kappa shape index (κ2) is 8.77. The van der Waals surface area contributed by atoms with Crippen molar-refractivity contribution in [2.45, 2.75) is 13.0 Å². The highest BCUT2D eigenvalue weighted by molar-refractivity contribution is 7.92. The Morgan fingerprint density at radius 3 is 2.19 bits per heavy atom. The van der Waals surface area contributed by atoms with Crippen molar-refractivity contribution in [1.82, 2.24) is 5.32 Å². The standard InChI is InChI=1S/C19H24N2O5S/c1-14(15-9-5-7-11-17(15)25-2)20-19(22)13-21(27(4,23)24)16-10-6-8-12-18(16)26-3/h5-12,14H,13H2,1-4H3,(H,20,22). The number of sulfonamides is 1. The van der Waals surface area contributed by atoms with Gasteiger partial charge in [0.25, 0.3) is 0 Å². The van der Waals surface area contributed by atoms with Gasteiger partial charge in [0.2, 0.25) is 15.9 Å². The van der Waals surface area contributed by atoms with Crippen molar-refractivity contribution in [3.63, 3.8) is 0 Å². The molecule has 8 heteroatoms. The number of ether oxygens (including phenoxy) is 2. The van der Waals surface area contributed by atoms with E-state index < -0.39 is 15.9 Å². The maximum atomic E-state index is 12.6. The molecule has 0 heterocycles. The number of methoxy groups -OCH3 is 2.